The summed E-state index contributed by atoms with van der Waals surface area (Å²) in [5.41, 5.74) is 10.6. The molecule has 0 spiro atoms. The maximum absolute atomic E-state index is 12.7. The lowest BCUT2D eigenvalue weighted by Crippen LogP contribution is -2.30. The molecule has 0 unspecified atom stereocenters. The van der Waals surface area contributed by atoms with Crippen LogP contribution >= 0.6 is 0 Å². The lowest BCUT2D eigenvalue weighted by molar-refractivity contribution is -0.114. The minimum atomic E-state index is -0.509. The number of para-hydroxylation sites is 1. The van der Waals surface area contributed by atoms with E-state index in [1.165, 1.54) is 12.0 Å². The van der Waals surface area contributed by atoms with Gasteiger partial charge >= 0.3 is 0 Å². The molecular weight excluding hydrogens is 412 g/mol. The topological polar surface area (TPSA) is 87.5 Å². The van der Waals surface area contributed by atoms with Crippen LogP contribution in [0.5, 0.6) is 0 Å². The molecule has 0 radical (unpaired) electrons. The Morgan fingerprint density at radius 3 is 2.33 bits per heavy atom. The van der Waals surface area contributed by atoms with E-state index in [1.807, 2.05) is 60.7 Å². The normalized spacial score (nSPS) is 13.4. The lowest BCUT2D eigenvalue weighted by atomic mass is 10.0. The second-order valence-electron chi connectivity index (χ2n) is 8.36. The minimum Gasteiger partial charge on any atom is -0.375 e. The average molecular weight is 443 g/mol. The lowest BCUT2D eigenvalue weighted by Gasteiger charge is -2.29. The molecule has 1 aliphatic heterocycles. The molecule has 1 heterocycles. The molecule has 4 rings (SSSR count). The molecule has 0 aromatic heterocycles. The highest BCUT2D eigenvalue weighted by Gasteiger charge is 2.16. The van der Waals surface area contributed by atoms with Gasteiger partial charge in [0.2, 0.25) is 5.91 Å². The van der Waals surface area contributed by atoms with E-state index in [0.29, 0.717) is 11.3 Å². The van der Waals surface area contributed by atoms with Crippen molar-refractivity contribution in [2.75, 3.05) is 35.2 Å². The van der Waals surface area contributed by atoms with Gasteiger partial charge in [0.1, 0.15) is 0 Å². The molecule has 2 amide bonds. The minimum absolute atomic E-state index is 0.0308. The summed E-state index contributed by atoms with van der Waals surface area (Å²) in [7, 11) is 0. The summed E-state index contributed by atoms with van der Waals surface area (Å²) in [5.74, 6) is -0.698. The number of nitrogens with zero attached hydrogens (tertiary/aromatic N) is 1. The first-order valence-corrected chi connectivity index (χ1v) is 11.4. The number of amides is 2. The summed E-state index contributed by atoms with van der Waals surface area (Å²) in [6.45, 7) is 1.99. The Labute approximate surface area is 194 Å². The van der Waals surface area contributed by atoms with E-state index in [0.717, 1.165) is 49.3 Å². The third-order valence-electron chi connectivity index (χ3n) is 5.96. The summed E-state index contributed by atoms with van der Waals surface area (Å²) in [6.07, 6.45) is 4.27. The van der Waals surface area contributed by atoms with Crippen molar-refractivity contribution in [3.8, 4) is 0 Å². The second-order valence-corrected chi connectivity index (χ2v) is 8.36. The largest absolute Gasteiger partial charge is 0.375 e. The summed E-state index contributed by atoms with van der Waals surface area (Å²) in [4.78, 5) is 27.0. The number of benzene rings is 3. The van der Waals surface area contributed by atoms with Crippen molar-refractivity contribution < 1.29 is 9.59 Å². The fourth-order valence-electron chi connectivity index (χ4n) is 4.22. The Morgan fingerprint density at radius 2 is 1.58 bits per heavy atom. The van der Waals surface area contributed by atoms with Gasteiger partial charge in [-0.05, 0) is 61.1 Å². The number of nitrogens with two attached hydrogens (primary N) is 1. The van der Waals surface area contributed by atoms with Crippen molar-refractivity contribution in [1.82, 2.24) is 0 Å². The first-order chi connectivity index (χ1) is 16.1. The standard InChI is InChI=1S/C27H30N4O2/c28-27(33)23-18-22(31-15-7-2-8-16-31)13-14-25(23)29-19-26(32)30-24-12-6-5-11-21(24)17-20-9-3-1-4-10-20/h1,3-6,9-14,18,29H,2,7-8,15-17,19H2,(H2,28,33)(H,30,32). The van der Waals surface area contributed by atoms with Crippen LogP contribution in [-0.4, -0.2) is 31.4 Å². The molecule has 6 nitrogen and oxygen atoms in total. The van der Waals surface area contributed by atoms with Crippen molar-refractivity contribution in [3.05, 3.63) is 89.5 Å². The van der Waals surface area contributed by atoms with Crippen molar-refractivity contribution in [2.24, 2.45) is 5.73 Å². The van der Waals surface area contributed by atoms with Crippen molar-refractivity contribution in [3.63, 3.8) is 0 Å². The second kappa shape index (κ2) is 10.7. The number of anilines is 3. The van der Waals surface area contributed by atoms with Crippen LogP contribution < -0.4 is 21.3 Å². The number of primary amides is 1. The van der Waals surface area contributed by atoms with Crippen LogP contribution in [0.3, 0.4) is 0 Å². The number of rotatable bonds is 8. The smallest absolute Gasteiger partial charge is 0.250 e. The molecule has 1 aliphatic rings. The Kier molecular flexibility index (Phi) is 7.25. The maximum atomic E-state index is 12.7. The predicted octanol–water partition coefficient (Wildman–Crippen LogP) is 4.42. The van der Waals surface area contributed by atoms with Gasteiger partial charge in [-0.1, -0.05) is 48.5 Å². The molecule has 6 heteroatoms. The first kappa shape index (κ1) is 22.4. The molecule has 3 aromatic carbocycles. The molecule has 1 fully saturated rings. The fraction of sp³-hybridized carbons (Fsp3) is 0.259. The Bertz CT molecular complexity index is 1110. The van der Waals surface area contributed by atoms with E-state index in [-0.39, 0.29) is 12.5 Å². The van der Waals surface area contributed by atoms with Crippen LogP contribution in [0.15, 0.2) is 72.8 Å². The van der Waals surface area contributed by atoms with E-state index in [2.05, 4.69) is 27.7 Å². The van der Waals surface area contributed by atoms with Crippen LogP contribution in [0.4, 0.5) is 17.1 Å². The quantitative estimate of drug-likeness (QED) is 0.482. The van der Waals surface area contributed by atoms with Gasteiger partial charge in [0.05, 0.1) is 12.1 Å². The zero-order valence-electron chi connectivity index (χ0n) is 18.7. The molecule has 170 valence electrons. The third kappa shape index (κ3) is 5.92. The van der Waals surface area contributed by atoms with Gasteiger partial charge < -0.3 is 21.3 Å². The van der Waals surface area contributed by atoms with Gasteiger partial charge in [-0.25, -0.2) is 0 Å². The molecule has 0 bridgehead atoms. The zero-order valence-corrected chi connectivity index (χ0v) is 18.7. The third-order valence-corrected chi connectivity index (χ3v) is 5.96. The summed E-state index contributed by atoms with van der Waals surface area (Å²) >= 11 is 0. The van der Waals surface area contributed by atoms with Crippen molar-refractivity contribution >= 4 is 28.9 Å². The van der Waals surface area contributed by atoms with Gasteiger partial charge in [0, 0.05) is 30.2 Å². The Morgan fingerprint density at radius 1 is 0.848 bits per heavy atom. The molecule has 33 heavy (non-hydrogen) atoms. The van der Waals surface area contributed by atoms with E-state index in [1.54, 1.807) is 0 Å². The monoisotopic (exact) mass is 442 g/mol. The Balaban J connectivity index is 1.41. The van der Waals surface area contributed by atoms with Gasteiger partial charge in [-0.3, -0.25) is 9.59 Å². The van der Waals surface area contributed by atoms with E-state index >= 15 is 0 Å². The number of hydrogen-bond donors (Lipinski definition) is 3. The van der Waals surface area contributed by atoms with E-state index < -0.39 is 5.91 Å². The van der Waals surface area contributed by atoms with E-state index in [4.69, 9.17) is 5.73 Å². The van der Waals surface area contributed by atoms with E-state index in [9.17, 15) is 9.59 Å². The molecule has 0 atom stereocenters. The van der Waals surface area contributed by atoms with Crippen molar-refractivity contribution in [2.45, 2.75) is 25.7 Å². The van der Waals surface area contributed by atoms with Crippen LogP contribution in [0.25, 0.3) is 0 Å². The van der Waals surface area contributed by atoms with Gasteiger partial charge in [0.15, 0.2) is 0 Å². The van der Waals surface area contributed by atoms with Crippen LogP contribution in [-0.2, 0) is 11.2 Å². The SMILES string of the molecule is NC(=O)c1cc(N2CCCCC2)ccc1NCC(=O)Nc1ccccc1Cc1ccccc1. The molecule has 4 N–H and O–H groups in total. The van der Waals surface area contributed by atoms with Crippen LogP contribution in [0.2, 0.25) is 0 Å². The Hall–Kier alpha value is -3.80. The average Bonchev–Trinajstić information content (AvgIpc) is 2.85. The van der Waals surface area contributed by atoms with Gasteiger partial charge in [0.25, 0.3) is 5.91 Å². The van der Waals surface area contributed by atoms with Crippen LogP contribution in [0.1, 0.15) is 40.7 Å². The first-order valence-electron chi connectivity index (χ1n) is 11.4. The molecule has 1 saturated heterocycles. The van der Waals surface area contributed by atoms with Gasteiger partial charge in [-0.2, -0.15) is 0 Å². The number of piperidine rings is 1. The predicted molar refractivity (Wildman–Crippen MR) is 134 cm³/mol. The molecule has 0 aliphatic carbocycles. The number of carbonyl (C=O) groups is 2. The molecule has 0 saturated carbocycles. The summed E-state index contributed by atoms with van der Waals surface area (Å²) < 4.78 is 0. The fourth-order valence-corrected chi connectivity index (χ4v) is 4.22. The zero-order chi connectivity index (χ0) is 23.0. The summed E-state index contributed by atoms with van der Waals surface area (Å²) in [6, 6.07) is 23.6. The molecule has 3 aromatic rings. The van der Waals surface area contributed by atoms with Crippen molar-refractivity contribution in [1.29, 1.82) is 0 Å². The highest BCUT2D eigenvalue weighted by atomic mass is 16.2. The highest BCUT2D eigenvalue weighted by Crippen LogP contribution is 2.26. The highest BCUT2D eigenvalue weighted by molar-refractivity contribution is 6.01. The maximum Gasteiger partial charge on any atom is 0.250 e. The number of carbonyl (C=O) groups excluding carboxylic acids is 2. The van der Waals surface area contributed by atoms with Crippen LogP contribution in [0, 0.1) is 0 Å². The number of nitrogens with one attached hydrogen (secondary N) is 2. The number of hydrogen-bond acceptors (Lipinski definition) is 4. The summed E-state index contributed by atoms with van der Waals surface area (Å²) in [5, 5.41) is 6.07. The van der Waals surface area contributed by atoms with Gasteiger partial charge in [-0.15, -0.1) is 0 Å². The molecular formula is C27H30N4O2.